The number of aliphatic imine (C=N–C) groups is 1. The summed E-state index contributed by atoms with van der Waals surface area (Å²) in [5, 5.41) is 14.8. The van der Waals surface area contributed by atoms with Gasteiger partial charge in [0.05, 0.1) is 25.9 Å². The van der Waals surface area contributed by atoms with Crippen LogP contribution in [0.1, 0.15) is 123 Å². The van der Waals surface area contributed by atoms with Crippen LogP contribution in [-0.2, 0) is 23.8 Å². The van der Waals surface area contributed by atoms with E-state index in [-0.39, 0.29) is 42.6 Å². The van der Waals surface area contributed by atoms with Crippen molar-refractivity contribution in [3.63, 3.8) is 0 Å². The molecule has 0 aromatic heterocycles. The van der Waals surface area contributed by atoms with E-state index in [1.165, 1.54) is 51.4 Å². The number of aliphatic hydroxyl groups is 1. The molecule has 270 valence electrons. The Kier molecular flexibility index (Phi) is 25.7. The lowest BCUT2D eigenvalue weighted by atomic mass is 10.0. The fraction of sp³-hybridized carbons (Fsp3) is 0.757. The average molecular weight is 663 g/mol. The molecule has 0 aliphatic carbocycles. The molecule has 0 saturated heterocycles. The number of ether oxygens (including phenoxy) is 3. The second-order valence-electron chi connectivity index (χ2n) is 12.6. The predicted molar refractivity (Wildman–Crippen MR) is 191 cm³/mol. The highest BCUT2D eigenvalue weighted by Gasteiger charge is 2.20. The van der Waals surface area contributed by atoms with Crippen LogP contribution in [0.3, 0.4) is 0 Å². The molecule has 47 heavy (non-hydrogen) atoms. The highest BCUT2D eigenvalue weighted by atomic mass is 16.5. The molecule has 5 N–H and O–H groups in total. The van der Waals surface area contributed by atoms with Crippen molar-refractivity contribution < 1.29 is 28.9 Å². The van der Waals surface area contributed by atoms with Gasteiger partial charge in [-0.25, -0.2) is 4.99 Å². The van der Waals surface area contributed by atoms with Gasteiger partial charge in [0.1, 0.15) is 12.6 Å². The number of aliphatic hydroxyl groups excluding tert-OH is 1. The van der Waals surface area contributed by atoms with Crippen molar-refractivity contribution in [2.45, 2.75) is 142 Å². The number of amides is 2. The third kappa shape index (κ3) is 23.4. The number of benzene rings is 1. The number of carbonyl (C=O) groups excluding carboxylic acids is 2. The molecule has 1 aromatic rings. The van der Waals surface area contributed by atoms with Crippen LogP contribution in [0.2, 0.25) is 0 Å². The molecule has 4 atom stereocenters. The lowest BCUT2D eigenvalue weighted by Gasteiger charge is -2.18. The first kappa shape index (κ1) is 42.5. The molecule has 1 unspecified atom stereocenters. The van der Waals surface area contributed by atoms with E-state index in [0.717, 1.165) is 44.1 Å². The number of rotatable bonds is 26. The van der Waals surface area contributed by atoms with Crippen LogP contribution in [0.25, 0.3) is 0 Å². The number of nitrogens with two attached hydrogens (primary N) is 1. The van der Waals surface area contributed by atoms with E-state index in [9.17, 15) is 9.59 Å². The zero-order chi connectivity index (χ0) is 34.5. The second-order valence-corrected chi connectivity index (χ2v) is 12.6. The van der Waals surface area contributed by atoms with Crippen LogP contribution in [0.5, 0.6) is 0 Å². The van der Waals surface area contributed by atoms with Gasteiger partial charge in [0, 0.05) is 44.7 Å². The van der Waals surface area contributed by atoms with E-state index in [1.54, 1.807) is 13.8 Å². The van der Waals surface area contributed by atoms with E-state index >= 15 is 0 Å². The molecule has 1 aromatic carbocycles. The molecule has 0 fully saturated rings. The highest BCUT2D eigenvalue weighted by Crippen LogP contribution is 2.14. The van der Waals surface area contributed by atoms with Crippen molar-refractivity contribution in [1.82, 2.24) is 10.6 Å². The van der Waals surface area contributed by atoms with Gasteiger partial charge < -0.3 is 35.7 Å². The van der Waals surface area contributed by atoms with Gasteiger partial charge in [-0.2, -0.15) is 0 Å². The molecule has 0 bridgehead atoms. The van der Waals surface area contributed by atoms with Crippen LogP contribution < -0.4 is 16.4 Å². The van der Waals surface area contributed by atoms with Crippen molar-refractivity contribution in [1.29, 1.82) is 0 Å². The van der Waals surface area contributed by atoms with Gasteiger partial charge >= 0.3 is 0 Å². The Morgan fingerprint density at radius 2 is 1.38 bits per heavy atom. The van der Waals surface area contributed by atoms with Gasteiger partial charge in [-0.15, -0.1) is 0 Å². The zero-order valence-electron chi connectivity index (χ0n) is 29.9. The number of hydrogen-bond donors (Lipinski definition) is 4. The highest BCUT2D eigenvalue weighted by molar-refractivity contribution is 5.95. The molecule has 0 saturated carbocycles. The summed E-state index contributed by atoms with van der Waals surface area (Å²) in [6, 6.07) is 10.1. The topological polar surface area (TPSA) is 144 Å². The lowest BCUT2D eigenvalue weighted by Crippen LogP contribution is -2.35. The molecule has 0 spiro atoms. The zero-order valence-corrected chi connectivity index (χ0v) is 29.9. The molecule has 1 aliphatic heterocycles. The summed E-state index contributed by atoms with van der Waals surface area (Å²) in [6.07, 6.45) is 16.0. The summed E-state index contributed by atoms with van der Waals surface area (Å²) in [5.41, 5.74) is 6.56. The molecule has 0 radical (unpaired) electrons. The number of carbonyl (C=O) groups is 2. The van der Waals surface area contributed by atoms with Gasteiger partial charge in [0.2, 0.25) is 17.7 Å². The molecule has 1 heterocycles. The predicted octanol–water partition coefficient (Wildman–Crippen LogP) is 5.68. The van der Waals surface area contributed by atoms with Crippen LogP contribution in [-0.4, -0.2) is 86.6 Å². The van der Waals surface area contributed by atoms with E-state index in [2.05, 4.69) is 29.5 Å². The summed E-state index contributed by atoms with van der Waals surface area (Å²) in [4.78, 5) is 27.2. The third-order valence-electron chi connectivity index (χ3n) is 7.96. The maximum absolute atomic E-state index is 11.4. The Hall–Kier alpha value is -2.53. The standard InChI is InChI=1S/C22H34N2O3.C15H32N2O3/c1-3-4-5-6-10-13-20(23-18(2)25)14-15-26-16-21-17-27-22(24-21)19-11-8-7-9-12-19;1-3-4-5-6-7-8-15(17-13(2)19)9-10-20-12-14(16)11-18/h7-9,11-12,20-21H,3-6,10,13-17H2,1-2H3,(H,23,25);14-15,18H,3-12,16H2,1-2H3,(H,17,19)/t20?,21-;14-,15-/m10/s1. The number of nitrogens with zero attached hydrogens (tertiary/aromatic N) is 1. The van der Waals surface area contributed by atoms with E-state index in [1.807, 2.05) is 30.3 Å². The number of nitrogens with one attached hydrogen (secondary N) is 2. The van der Waals surface area contributed by atoms with Crippen molar-refractivity contribution in [3.05, 3.63) is 35.9 Å². The maximum atomic E-state index is 11.4. The summed E-state index contributed by atoms with van der Waals surface area (Å²) in [5.74, 6) is 0.748. The first-order valence-electron chi connectivity index (χ1n) is 18.1. The largest absolute Gasteiger partial charge is 0.475 e. The Labute approximate surface area is 285 Å². The summed E-state index contributed by atoms with van der Waals surface area (Å²) in [6.45, 7) is 10.2. The minimum atomic E-state index is -0.316. The number of hydrogen-bond acceptors (Lipinski definition) is 8. The van der Waals surface area contributed by atoms with E-state index in [0.29, 0.717) is 38.9 Å². The fourth-order valence-corrected chi connectivity index (χ4v) is 5.34. The van der Waals surface area contributed by atoms with Gasteiger partial charge in [-0.1, -0.05) is 96.3 Å². The van der Waals surface area contributed by atoms with E-state index in [4.69, 9.17) is 25.1 Å². The van der Waals surface area contributed by atoms with E-state index < -0.39 is 0 Å². The Morgan fingerprint density at radius 1 is 0.851 bits per heavy atom. The molecule has 2 amide bonds. The second kappa shape index (κ2) is 28.5. The van der Waals surface area contributed by atoms with Crippen LogP contribution in [0.4, 0.5) is 0 Å². The van der Waals surface area contributed by atoms with Crippen LogP contribution >= 0.6 is 0 Å². The quantitative estimate of drug-likeness (QED) is 0.0935. The minimum Gasteiger partial charge on any atom is -0.475 e. The summed E-state index contributed by atoms with van der Waals surface area (Å²) in [7, 11) is 0. The van der Waals surface area contributed by atoms with Crippen LogP contribution in [0.15, 0.2) is 35.3 Å². The Bertz CT molecular complexity index is 948. The van der Waals surface area contributed by atoms with Gasteiger partial charge in [-0.3, -0.25) is 9.59 Å². The Balaban J connectivity index is 0.000000494. The Morgan fingerprint density at radius 3 is 1.89 bits per heavy atom. The maximum Gasteiger partial charge on any atom is 0.217 e. The van der Waals surface area contributed by atoms with Crippen molar-refractivity contribution in [2.75, 3.05) is 39.6 Å². The molecular formula is C37H66N4O6. The molecule has 2 rings (SSSR count). The molecular weight excluding hydrogens is 596 g/mol. The van der Waals surface area contributed by atoms with Crippen molar-refractivity contribution >= 4 is 17.7 Å². The first-order chi connectivity index (χ1) is 22.8. The van der Waals surface area contributed by atoms with Gasteiger partial charge in [-0.05, 0) is 37.8 Å². The average Bonchev–Trinajstić information content (AvgIpc) is 3.53. The number of unbranched alkanes of at least 4 members (excludes halogenated alkanes) is 8. The van der Waals surface area contributed by atoms with Crippen LogP contribution in [0, 0.1) is 0 Å². The lowest BCUT2D eigenvalue weighted by molar-refractivity contribution is -0.120. The van der Waals surface area contributed by atoms with Gasteiger partial charge in [0.15, 0.2) is 0 Å². The summed E-state index contributed by atoms with van der Waals surface area (Å²) < 4.78 is 16.9. The molecule has 10 nitrogen and oxygen atoms in total. The monoisotopic (exact) mass is 662 g/mol. The SMILES string of the molecule is CCCCCCCC(CCOC[C@@H]1COC(c2ccccc2)=N1)NC(C)=O.CCCCCCC[C@@H](CCOC[C@@H](N)CO)NC(C)=O. The van der Waals surface area contributed by atoms with Gasteiger partial charge in [0.25, 0.3) is 0 Å². The molecule has 10 heteroatoms. The minimum absolute atomic E-state index is 0.00983. The van der Waals surface area contributed by atoms with Crippen molar-refractivity contribution in [3.8, 4) is 0 Å². The fourth-order valence-electron chi connectivity index (χ4n) is 5.34. The molecule has 1 aliphatic rings. The normalized spacial score (nSPS) is 15.9. The third-order valence-corrected chi connectivity index (χ3v) is 7.96. The van der Waals surface area contributed by atoms with Crippen molar-refractivity contribution in [2.24, 2.45) is 10.7 Å². The summed E-state index contributed by atoms with van der Waals surface area (Å²) >= 11 is 0. The first-order valence-corrected chi connectivity index (χ1v) is 18.1. The smallest absolute Gasteiger partial charge is 0.217 e.